The van der Waals surface area contributed by atoms with Gasteiger partial charge in [-0.1, -0.05) is 30.3 Å². The SMILES string of the molecule is CCOC(=O)[C@@H](C)Oc1ccc2oc(=O)c(-c3ccccc3)c(C)c2c1. The molecular formula is C21H20O5. The molecule has 1 aromatic heterocycles. The van der Waals surface area contributed by atoms with E-state index in [1.165, 1.54) is 0 Å². The number of carbonyl (C=O) groups is 1. The molecule has 3 rings (SSSR count). The summed E-state index contributed by atoms with van der Waals surface area (Å²) in [5.74, 6) is 0.0860. The van der Waals surface area contributed by atoms with Crippen LogP contribution in [0.15, 0.2) is 57.7 Å². The average Bonchev–Trinajstić information content (AvgIpc) is 2.63. The molecule has 0 amide bonds. The molecule has 0 spiro atoms. The van der Waals surface area contributed by atoms with Gasteiger partial charge in [-0.15, -0.1) is 0 Å². The van der Waals surface area contributed by atoms with E-state index >= 15 is 0 Å². The van der Waals surface area contributed by atoms with Crippen LogP contribution in [0.1, 0.15) is 19.4 Å². The molecular weight excluding hydrogens is 332 g/mol. The lowest BCUT2D eigenvalue weighted by Gasteiger charge is -2.14. The van der Waals surface area contributed by atoms with Crippen LogP contribution in [0.25, 0.3) is 22.1 Å². The van der Waals surface area contributed by atoms with Gasteiger partial charge in [0.05, 0.1) is 12.2 Å². The molecule has 26 heavy (non-hydrogen) atoms. The van der Waals surface area contributed by atoms with Gasteiger partial charge >= 0.3 is 11.6 Å². The second kappa shape index (κ2) is 7.44. The van der Waals surface area contributed by atoms with E-state index in [-0.39, 0.29) is 5.63 Å². The summed E-state index contributed by atoms with van der Waals surface area (Å²) in [5.41, 5.74) is 2.22. The molecule has 0 fully saturated rings. The summed E-state index contributed by atoms with van der Waals surface area (Å²) in [7, 11) is 0. The summed E-state index contributed by atoms with van der Waals surface area (Å²) in [6.07, 6.45) is -0.725. The lowest BCUT2D eigenvalue weighted by atomic mass is 9.99. The van der Waals surface area contributed by atoms with Crippen LogP contribution >= 0.6 is 0 Å². The van der Waals surface area contributed by atoms with E-state index < -0.39 is 12.1 Å². The summed E-state index contributed by atoms with van der Waals surface area (Å²) in [6, 6.07) is 14.5. The first-order chi connectivity index (χ1) is 12.5. The number of benzene rings is 2. The molecule has 1 atom stereocenters. The van der Waals surface area contributed by atoms with Crippen LogP contribution in [-0.4, -0.2) is 18.7 Å². The second-order valence-electron chi connectivity index (χ2n) is 5.93. The summed E-state index contributed by atoms with van der Waals surface area (Å²) in [5, 5.41) is 0.761. The van der Waals surface area contributed by atoms with Crippen molar-refractivity contribution in [2.45, 2.75) is 26.9 Å². The Morgan fingerprint density at radius 3 is 2.58 bits per heavy atom. The van der Waals surface area contributed by atoms with Crippen molar-refractivity contribution in [1.29, 1.82) is 0 Å². The first kappa shape index (κ1) is 17.7. The number of hydrogen-bond acceptors (Lipinski definition) is 5. The highest BCUT2D eigenvalue weighted by Crippen LogP contribution is 2.29. The van der Waals surface area contributed by atoms with E-state index in [4.69, 9.17) is 13.9 Å². The number of ether oxygens (including phenoxy) is 2. The molecule has 0 saturated heterocycles. The van der Waals surface area contributed by atoms with E-state index in [2.05, 4.69) is 0 Å². The molecule has 0 aliphatic carbocycles. The van der Waals surface area contributed by atoms with Crippen molar-refractivity contribution < 1.29 is 18.7 Å². The number of fused-ring (bicyclic) bond motifs is 1. The minimum atomic E-state index is -0.725. The number of aryl methyl sites for hydroxylation is 1. The summed E-state index contributed by atoms with van der Waals surface area (Å²) in [4.78, 5) is 24.2. The van der Waals surface area contributed by atoms with Gasteiger partial charge in [0.15, 0.2) is 6.10 Å². The lowest BCUT2D eigenvalue weighted by molar-refractivity contribution is -0.150. The number of carbonyl (C=O) groups excluding carboxylic acids is 1. The van der Waals surface area contributed by atoms with Gasteiger partial charge in [0.1, 0.15) is 11.3 Å². The minimum Gasteiger partial charge on any atom is -0.479 e. The molecule has 1 heterocycles. The van der Waals surface area contributed by atoms with Crippen molar-refractivity contribution >= 4 is 16.9 Å². The summed E-state index contributed by atoms with van der Waals surface area (Å²) >= 11 is 0. The van der Waals surface area contributed by atoms with Crippen LogP contribution in [0.2, 0.25) is 0 Å². The summed E-state index contributed by atoms with van der Waals surface area (Å²) < 4.78 is 16.1. The van der Waals surface area contributed by atoms with Crippen LogP contribution in [0.3, 0.4) is 0 Å². The van der Waals surface area contributed by atoms with Crippen molar-refractivity contribution in [3.63, 3.8) is 0 Å². The molecule has 0 bridgehead atoms. The molecule has 2 aromatic carbocycles. The monoisotopic (exact) mass is 352 g/mol. The molecule has 5 heteroatoms. The third-order valence-corrected chi connectivity index (χ3v) is 4.13. The third kappa shape index (κ3) is 3.47. The minimum absolute atomic E-state index is 0.301. The number of rotatable bonds is 5. The predicted octanol–water partition coefficient (Wildman–Crippen LogP) is 4.10. The Morgan fingerprint density at radius 2 is 1.88 bits per heavy atom. The van der Waals surface area contributed by atoms with Crippen molar-refractivity contribution in [3.8, 4) is 16.9 Å². The fourth-order valence-corrected chi connectivity index (χ4v) is 2.85. The fourth-order valence-electron chi connectivity index (χ4n) is 2.85. The van der Waals surface area contributed by atoms with Gasteiger partial charge in [0.2, 0.25) is 0 Å². The van der Waals surface area contributed by atoms with Crippen molar-refractivity contribution in [2.75, 3.05) is 6.61 Å². The molecule has 3 aromatic rings. The molecule has 0 aliphatic rings. The smallest absolute Gasteiger partial charge is 0.347 e. The molecule has 5 nitrogen and oxygen atoms in total. The maximum absolute atomic E-state index is 12.4. The zero-order chi connectivity index (χ0) is 18.7. The summed E-state index contributed by atoms with van der Waals surface area (Å²) in [6.45, 7) is 5.56. The molecule has 134 valence electrons. The van der Waals surface area contributed by atoms with Crippen molar-refractivity contribution in [2.24, 2.45) is 0 Å². The van der Waals surface area contributed by atoms with Crippen LogP contribution in [-0.2, 0) is 9.53 Å². The number of esters is 1. The van der Waals surface area contributed by atoms with Crippen molar-refractivity contribution in [1.82, 2.24) is 0 Å². The zero-order valence-corrected chi connectivity index (χ0v) is 14.9. The van der Waals surface area contributed by atoms with E-state index in [0.717, 1.165) is 16.5 Å². The molecule has 0 aliphatic heterocycles. The first-order valence-electron chi connectivity index (χ1n) is 8.47. The highest BCUT2D eigenvalue weighted by atomic mass is 16.6. The zero-order valence-electron chi connectivity index (χ0n) is 14.9. The largest absolute Gasteiger partial charge is 0.479 e. The van der Waals surface area contributed by atoms with Gasteiger partial charge in [0.25, 0.3) is 0 Å². The topological polar surface area (TPSA) is 65.7 Å². The Bertz CT molecular complexity index is 988. The first-order valence-corrected chi connectivity index (χ1v) is 8.47. The van der Waals surface area contributed by atoms with Gasteiger partial charge in [-0.25, -0.2) is 9.59 Å². The van der Waals surface area contributed by atoms with E-state index in [1.807, 2.05) is 37.3 Å². The molecule has 0 unspecified atom stereocenters. The normalized spacial score (nSPS) is 12.0. The quantitative estimate of drug-likeness (QED) is 0.511. The molecule has 0 N–H and O–H groups in total. The average molecular weight is 352 g/mol. The third-order valence-electron chi connectivity index (χ3n) is 4.13. The Hall–Kier alpha value is -3.08. The van der Waals surface area contributed by atoms with Crippen LogP contribution in [0.5, 0.6) is 5.75 Å². The van der Waals surface area contributed by atoms with E-state index in [1.54, 1.807) is 32.0 Å². The van der Waals surface area contributed by atoms with E-state index in [0.29, 0.717) is 23.5 Å². The Balaban J connectivity index is 2.04. The lowest BCUT2D eigenvalue weighted by Crippen LogP contribution is -2.26. The van der Waals surface area contributed by atoms with Gasteiger partial charge in [-0.05, 0) is 50.1 Å². The highest BCUT2D eigenvalue weighted by molar-refractivity contribution is 5.87. The van der Waals surface area contributed by atoms with Crippen molar-refractivity contribution in [3.05, 3.63) is 64.5 Å². The maximum Gasteiger partial charge on any atom is 0.347 e. The maximum atomic E-state index is 12.4. The van der Waals surface area contributed by atoms with Gasteiger partial charge in [0, 0.05) is 5.39 Å². The predicted molar refractivity (Wildman–Crippen MR) is 99.4 cm³/mol. The Kier molecular flexibility index (Phi) is 5.07. The second-order valence-corrected chi connectivity index (χ2v) is 5.93. The van der Waals surface area contributed by atoms with Crippen LogP contribution in [0.4, 0.5) is 0 Å². The standard InChI is InChI=1S/C21H20O5/c1-4-24-20(22)14(3)25-16-10-11-18-17(12-16)13(2)19(21(23)26-18)15-8-6-5-7-9-15/h5-12,14H,4H2,1-3H3/t14-/m1/s1. The molecule has 0 saturated carbocycles. The Labute approximate surface area is 151 Å². The highest BCUT2D eigenvalue weighted by Gasteiger charge is 2.17. The van der Waals surface area contributed by atoms with Gasteiger partial charge in [-0.3, -0.25) is 0 Å². The fraction of sp³-hybridized carbons (Fsp3) is 0.238. The van der Waals surface area contributed by atoms with Gasteiger partial charge < -0.3 is 13.9 Å². The van der Waals surface area contributed by atoms with Crippen LogP contribution < -0.4 is 10.4 Å². The Morgan fingerprint density at radius 1 is 1.15 bits per heavy atom. The van der Waals surface area contributed by atoms with Gasteiger partial charge in [-0.2, -0.15) is 0 Å². The molecule has 0 radical (unpaired) electrons. The van der Waals surface area contributed by atoms with E-state index in [9.17, 15) is 9.59 Å². The number of hydrogen-bond donors (Lipinski definition) is 0. The van der Waals surface area contributed by atoms with Crippen LogP contribution in [0, 0.1) is 6.92 Å².